The highest BCUT2D eigenvalue weighted by Crippen LogP contribution is 2.12. The molecule has 18 heavy (non-hydrogen) atoms. The van der Waals surface area contributed by atoms with E-state index in [-0.39, 0.29) is 0 Å². The van der Waals surface area contributed by atoms with Gasteiger partial charge in [-0.2, -0.15) is 0 Å². The van der Waals surface area contributed by atoms with Crippen molar-refractivity contribution in [3.8, 4) is 0 Å². The summed E-state index contributed by atoms with van der Waals surface area (Å²) in [5.74, 6) is -2.14. The van der Waals surface area contributed by atoms with Gasteiger partial charge < -0.3 is 5.11 Å². The molecule has 0 rings (SSSR count). The Morgan fingerprint density at radius 1 is 0.889 bits per heavy atom. The third-order valence-electron chi connectivity index (χ3n) is 1.87. The predicted molar refractivity (Wildman–Crippen MR) is 77.9 cm³/mol. The van der Waals surface area contributed by atoms with E-state index < -0.39 is 76.3 Å². The highest BCUT2D eigenvalue weighted by Gasteiger charge is 1.96. The van der Waals surface area contributed by atoms with E-state index in [2.05, 4.69) is 0 Å². The van der Waals surface area contributed by atoms with Crippen LogP contribution in [-0.2, 0) is 4.79 Å². The van der Waals surface area contributed by atoms with Gasteiger partial charge in [0.2, 0.25) is 0 Å². The van der Waals surface area contributed by atoms with Gasteiger partial charge in [0, 0.05) is 25.6 Å². The Balaban J connectivity index is 5.69. The second-order valence-electron chi connectivity index (χ2n) is 3.43. The molecule has 0 aliphatic heterocycles. The number of carboxylic acids is 1. The molecule has 0 aromatic heterocycles. The van der Waals surface area contributed by atoms with Gasteiger partial charge in [-0.25, -0.2) is 0 Å². The van der Waals surface area contributed by atoms with Crippen LogP contribution in [0.1, 0.15) is 116 Å². The van der Waals surface area contributed by atoms with Crippen molar-refractivity contribution < 1.29 is 29.1 Å². The van der Waals surface area contributed by atoms with E-state index in [9.17, 15) is 4.79 Å². The van der Waals surface area contributed by atoms with Crippen LogP contribution in [0.5, 0.6) is 0 Å². The van der Waals surface area contributed by atoms with E-state index in [0.29, 0.717) is 12.8 Å². The Hall–Kier alpha value is -0.530. The zero-order valence-electron chi connectivity index (χ0n) is 24.6. The largest absolute Gasteiger partial charge is 0.481 e. The molecule has 4 unspecified atom stereocenters. The Labute approximate surface area is 133 Å². The zero-order valence-corrected chi connectivity index (χ0v) is 10.6. The lowest BCUT2D eigenvalue weighted by molar-refractivity contribution is -0.137. The molecule has 2 nitrogen and oxygen atoms in total. The molecular formula is C16H32O2. The number of carbonyl (C=O) groups is 1. The highest BCUT2D eigenvalue weighted by molar-refractivity contribution is 5.66. The van der Waals surface area contributed by atoms with Gasteiger partial charge in [0.05, 0.1) is 0 Å². The molecule has 0 heterocycles. The van der Waals surface area contributed by atoms with Gasteiger partial charge in [-0.1, -0.05) is 83.7 Å². The standard InChI is InChI=1S/C16H32O2/c1-2-3-4-5-6-7-8-9-10-11-12-13-14-15-16(17)18/h2-15H2,1H3,(H,17,18)/i5D,6D,8D2,9D,10D,11D2,12D2,13D,14D,15D2/t5-,6-,9?,10?,13?,14?/m1/s1. The summed E-state index contributed by atoms with van der Waals surface area (Å²) >= 11 is 0. The monoisotopic (exact) mass is 270 g/mol. The van der Waals surface area contributed by atoms with Crippen LogP contribution in [0.3, 0.4) is 0 Å². The van der Waals surface area contributed by atoms with Crippen LogP contribution >= 0.6 is 0 Å². The van der Waals surface area contributed by atoms with E-state index in [4.69, 9.17) is 24.3 Å². The molecule has 0 spiro atoms. The molecule has 0 fully saturated rings. The van der Waals surface area contributed by atoms with Gasteiger partial charge in [-0.05, 0) is 6.40 Å². The SMILES string of the molecule is [2H]C(C([2H])C([2H])([2H])C([2H])([2H])C([2H])C([2H])C([2H])([2H])C(=O)O)C([2H])([2H])C[C@H]([2H])[C@H]([2H])CCCC. The number of hydrogen-bond acceptors (Lipinski definition) is 1. The first-order valence-electron chi connectivity index (χ1n) is 13.4. The molecule has 6 atom stereocenters. The van der Waals surface area contributed by atoms with Crippen LogP contribution in [0, 0.1) is 0 Å². The lowest BCUT2D eigenvalue weighted by atomic mass is 10.0. The topological polar surface area (TPSA) is 37.3 Å². The Kier molecular flexibility index (Phi) is 4.12. The molecule has 0 aliphatic carbocycles. The minimum Gasteiger partial charge on any atom is -0.481 e. The van der Waals surface area contributed by atoms with Gasteiger partial charge in [-0.15, -0.1) is 0 Å². The van der Waals surface area contributed by atoms with E-state index >= 15 is 0 Å². The Morgan fingerprint density at radius 2 is 1.50 bits per heavy atom. The molecule has 0 saturated heterocycles. The fourth-order valence-corrected chi connectivity index (χ4v) is 1.01. The van der Waals surface area contributed by atoms with Crippen molar-refractivity contribution in [2.45, 2.75) is 96.5 Å². The number of hydrogen-bond donors (Lipinski definition) is 1. The average molecular weight is 271 g/mol. The van der Waals surface area contributed by atoms with Gasteiger partial charge in [0.25, 0.3) is 0 Å². The average Bonchev–Trinajstić information content (AvgIpc) is 2.68. The fraction of sp³-hybridized carbons (Fsp3) is 0.938. The molecular weight excluding hydrogens is 224 g/mol. The summed E-state index contributed by atoms with van der Waals surface area (Å²) < 4.78 is 110. The van der Waals surface area contributed by atoms with E-state index in [1.165, 1.54) is 0 Å². The zero-order chi connectivity index (χ0) is 25.9. The maximum absolute atomic E-state index is 11.0. The van der Waals surface area contributed by atoms with Crippen LogP contribution in [-0.4, -0.2) is 11.1 Å². The second-order valence-corrected chi connectivity index (χ2v) is 3.43. The van der Waals surface area contributed by atoms with Crippen LogP contribution in [0.25, 0.3) is 0 Å². The molecule has 0 radical (unpaired) electrons. The second kappa shape index (κ2) is 14.5. The number of unbranched alkanes of at least 4 members (excludes halogenated alkanes) is 1. The first-order valence-corrected chi connectivity index (χ1v) is 5.96. The lowest BCUT2D eigenvalue weighted by Gasteiger charge is -2.02. The fourth-order valence-electron chi connectivity index (χ4n) is 1.01. The number of rotatable bonds is 14. The van der Waals surface area contributed by atoms with E-state index in [1.54, 1.807) is 0 Å². The quantitative estimate of drug-likeness (QED) is 0.449. The summed E-state index contributed by atoms with van der Waals surface area (Å²) in [6.07, 6.45) is -24.0. The van der Waals surface area contributed by atoms with Crippen molar-refractivity contribution in [2.75, 3.05) is 0 Å². The van der Waals surface area contributed by atoms with Crippen LogP contribution in [0.15, 0.2) is 0 Å². The normalized spacial score (nSPS) is 35.8. The molecule has 0 amide bonds. The van der Waals surface area contributed by atoms with Gasteiger partial charge in [0.1, 0.15) is 0 Å². The summed E-state index contributed by atoms with van der Waals surface area (Å²) in [5.41, 5.74) is 0. The smallest absolute Gasteiger partial charge is 0.303 e. The number of aliphatic carboxylic acids is 1. The molecule has 0 aromatic carbocycles. The van der Waals surface area contributed by atoms with E-state index in [0.717, 1.165) is 6.42 Å². The van der Waals surface area contributed by atoms with Crippen LogP contribution in [0.2, 0.25) is 0 Å². The summed E-state index contributed by atoms with van der Waals surface area (Å²) in [6, 6.07) is 0. The van der Waals surface area contributed by atoms with Crippen molar-refractivity contribution in [1.29, 1.82) is 0 Å². The molecule has 0 saturated carbocycles. The molecule has 0 bridgehead atoms. The molecule has 108 valence electrons. The summed E-state index contributed by atoms with van der Waals surface area (Å²) in [7, 11) is 0. The van der Waals surface area contributed by atoms with Crippen molar-refractivity contribution in [1.82, 2.24) is 0 Å². The van der Waals surface area contributed by atoms with Crippen molar-refractivity contribution in [2.24, 2.45) is 0 Å². The predicted octanol–water partition coefficient (Wildman–Crippen LogP) is 5.55. The van der Waals surface area contributed by atoms with Crippen molar-refractivity contribution in [3.63, 3.8) is 0 Å². The van der Waals surface area contributed by atoms with Crippen molar-refractivity contribution >= 4 is 5.97 Å². The number of carboxylic acid groups (broad SMARTS) is 1. The van der Waals surface area contributed by atoms with Crippen LogP contribution < -0.4 is 0 Å². The molecule has 2 heteroatoms. The minimum absolute atomic E-state index is 0.327. The lowest BCUT2D eigenvalue weighted by Crippen LogP contribution is -1.93. The first-order chi connectivity index (χ1) is 14.2. The third kappa shape index (κ3) is 15.5. The third-order valence-corrected chi connectivity index (χ3v) is 1.87. The maximum atomic E-state index is 11.0. The summed E-state index contributed by atoms with van der Waals surface area (Å²) in [6.45, 7) is 1.88. The van der Waals surface area contributed by atoms with Gasteiger partial charge in [0.15, 0.2) is 0 Å². The van der Waals surface area contributed by atoms with Crippen LogP contribution in [0.4, 0.5) is 0 Å². The minimum atomic E-state index is -3.48. The molecule has 1 N–H and O–H groups in total. The Morgan fingerprint density at radius 3 is 2.17 bits per heavy atom. The molecule has 0 aromatic rings. The summed E-state index contributed by atoms with van der Waals surface area (Å²) in [4.78, 5) is 11.0. The highest BCUT2D eigenvalue weighted by atomic mass is 16.4. The molecule has 0 aliphatic rings. The summed E-state index contributed by atoms with van der Waals surface area (Å²) in [5, 5.41) is 8.87. The maximum Gasteiger partial charge on any atom is 0.303 e. The van der Waals surface area contributed by atoms with Crippen molar-refractivity contribution in [3.05, 3.63) is 0 Å². The Bertz CT molecular complexity index is 614. The van der Waals surface area contributed by atoms with E-state index in [1.807, 2.05) is 6.92 Å². The van der Waals surface area contributed by atoms with Gasteiger partial charge in [-0.3, -0.25) is 4.79 Å². The first kappa shape index (κ1) is 5.10. The van der Waals surface area contributed by atoms with Gasteiger partial charge >= 0.3 is 5.97 Å².